The van der Waals surface area contributed by atoms with Gasteiger partial charge in [0.2, 0.25) is 0 Å². The Hall–Kier alpha value is -1.57. The third-order valence-electron chi connectivity index (χ3n) is 34.3. The first-order valence-electron chi connectivity index (χ1n) is 47.6. The summed E-state index contributed by atoms with van der Waals surface area (Å²) in [5.74, 6) is 7.98. The summed E-state index contributed by atoms with van der Waals surface area (Å²) >= 11 is 0. The lowest BCUT2D eigenvalue weighted by molar-refractivity contribution is -0.385. The first-order valence-corrected chi connectivity index (χ1v) is 56.9. The number of rotatable bonds is 4. The molecule has 4 aromatic carbocycles. The Bertz CT molecular complexity index is 4230. The van der Waals surface area contributed by atoms with E-state index >= 15 is 0 Å². The molecule has 15 aliphatic heterocycles. The van der Waals surface area contributed by atoms with E-state index < -0.39 is 0 Å². The molecule has 11 saturated heterocycles. The summed E-state index contributed by atoms with van der Waals surface area (Å²) in [7, 11) is 4.57. The van der Waals surface area contributed by atoms with E-state index in [9.17, 15) is 4.79 Å². The van der Waals surface area contributed by atoms with Crippen molar-refractivity contribution in [3.63, 3.8) is 0 Å². The highest BCUT2D eigenvalue weighted by Crippen LogP contribution is 3.03. The highest BCUT2D eigenvalue weighted by Gasteiger charge is 2.98. The van der Waals surface area contributed by atoms with Gasteiger partial charge in [0.1, 0.15) is 5.78 Å². The van der Waals surface area contributed by atoms with Gasteiger partial charge in [-0.15, -0.1) is 17.2 Å². The fourth-order valence-electron chi connectivity index (χ4n) is 31.5. The van der Waals surface area contributed by atoms with Gasteiger partial charge in [-0.25, -0.2) is 0 Å². The molecule has 0 aromatic heterocycles. The molecule has 15 fully saturated rings. The maximum Gasteiger partial charge on any atom is 0.133 e. The van der Waals surface area contributed by atoms with Gasteiger partial charge in [0.05, 0.1) is 0 Å². The van der Waals surface area contributed by atoms with E-state index in [4.69, 9.17) is 0 Å². The predicted molar refractivity (Wildman–Crippen MR) is 542 cm³/mol. The van der Waals surface area contributed by atoms with E-state index in [0.29, 0.717) is 72.8 Å². The number of allylic oxidation sites excluding steroid dienone is 12. The van der Waals surface area contributed by atoms with Crippen LogP contribution in [0, 0.1) is 35.5 Å². The maximum absolute atomic E-state index is 11.9. The van der Waals surface area contributed by atoms with Gasteiger partial charge >= 0.3 is 0 Å². The molecule has 14 bridgehead atoms. The zero-order valence-corrected chi connectivity index (χ0v) is 87.1. The molecule has 4 aliphatic carbocycles. The number of benzene rings is 4. The van der Waals surface area contributed by atoms with Gasteiger partial charge in [0, 0.05) is 54.1 Å². The molecule has 23 rings (SSSR count). The molecule has 9 heteroatoms. The summed E-state index contributed by atoms with van der Waals surface area (Å²) in [4.78, 5) is 11.9. The van der Waals surface area contributed by atoms with E-state index in [2.05, 4.69) is 374 Å². The number of hydrogen-bond acceptors (Lipinski definition) is 1. The quantitative estimate of drug-likeness (QED) is 0.147. The van der Waals surface area contributed by atoms with Crippen LogP contribution in [0.25, 0.3) is 0 Å². The van der Waals surface area contributed by atoms with Crippen LogP contribution in [0.5, 0.6) is 0 Å². The van der Waals surface area contributed by atoms with Crippen LogP contribution in [0.1, 0.15) is 337 Å². The molecule has 13 unspecified atom stereocenters. The first-order chi connectivity index (χ1) is 55.3. The minimum Gasteiger partial charge on any atom is -0.300 e. The van der Waals surface area contributed by atoms with Crippen LogP contribution in [-0.4, -0.2) is 88.3 Å². The van der Waals surface area contributed by atoms with Gasteiger partial charge in [-0.05, 0) is 243 Å². The van der Waals surface area contributed by atoms with Gasteiger partial charge < -0.3 is 0 Å². The summed E-state index contributed by atoms with van der Waals surface area (Å²) in [6, 6.07) is 44.6. The molecule has 0 amide bonds. The standard InChI is InChI=1S/C18H19P.C18H17P.C14H27OP.C14H27P.C14H23P.C14H21P.C10H13P.C8H15P/c2*1-3-7-15(8-4-1)17-11-13-18(19-17,14-12-17)16-9-5-2-6-10-16;1-12(2,3)16-13(4,5)9-8-11(15)10-14(16,6)7;3*1-12(2,3)15-13(4)8-6-7-9-14(15,5)11-10-13;1-9-5-3-4-7(5)10(2,11-9)8(4)6(3)9;1-7-3-5-8(2,9-7)6-4-7/h1-10,19H,11-14H2;1-11,13,19H,12,14H2;8-10H2,1-7H3;6-11H2,1-5H3;6-9H,10-11H2,1-5H3;6-11H,1-5H3;3-8,11H,1-2H3;9H,3-6H2,1-2H3. The number of carbonyl (C=O) groups is 1. The van der Waals surface area contributed by atoms with Crippen molar-refractivity contribution in [2.75, 3.05) is 0 Å². The number of Topliss-reactive ketones (excluding diaryl/α,β-unsaturated/α-hetero) is 1. The number of ketones is 1. The predicted octanol–water partition coefficient (Wildman–Crippen LogP) is 33.5. The van der Waals surface area contributed by atoms with Crippen LogP contribution >= 0.6 is 66.0 Å². The summed E-state index contributed by atoms with van der Waals surface area (Å²) in [5.41, 5.74) is 6.17. The lowest BCUT2D eigenvalue weighted by Crippen LogP contribution is -2.90. The van der Waals surface area contributed by atoms with E-state index in [1.54, 1.807) is 11.1 Å². The van der Waals surface area contributed by atoms with Gasteiger partial charge in [0.15, 0.2) is 0 Å². The monoisotopic (exact) mass is 1750 g/mol. The van der Waals surface area contributed by atoms with Crippen molar-refractivity contribution in [1.29, 1.82) is 0 Å². The van der Waals surface area contributed by atoms with Crippen molar-refractivity contribution >= 4 is 71.8 Å². The highest BCUT2D eigenvalue weighted by molar-refractivity contribution is 7.64. The van der Waals surface area contributed by atoms with Crippen molar-refractivity contribution in [2.24, 2.45) is 35.5 Å². The fraction of sp³-hybridized carbons (Fsp3) is 0.664. The molecular formula is C110H162OP8. The third-order valence-corrected chi connectivity index (χ3v) is 60.3. The van der Waals surface area contributed by atoms with Gasteiger partial charge in [0.25, 0.3) is 0 Å². The Labute approximate surface area is 741 Å². The summed E-state index contributed by atoms with van der Waals surface area (Å²) < 4.78 is 0. The zero-order chi connectivity index (χ0) is 86.0. The first kappa shape index (κ1) is 92.2. The van der Waals surface area contributed by atoms with Crippen LogP contribution in [0.4, 0.5) is 0 Å². The lowest BCUT2D eigenvalue weighted by atomic mass is 9.15. The number of carbonyl (C=O) groups excluding carboxylic acids is 1. The zero-order valence-electron chi connectivity index (χ0n) is 79.5. The molecule has 1 nitrogen and oxygen atoms in total. The Morgan fingerprint density at radius 3 is 0.966 bits per heavy atom. The van der Waals surface area contributed by atoms with E-state index in [1.165, 1.54) is 179 Å². The van der Waals surface area contributed by atoms with Crippen molar-refractivity contribution in [1.82, 2.24) is 0 Å². The Balaban J connectivity index is 0.000000107. The minimum absolute atomic E-state index is 0.0116. The number of fused-ring (bicyclic) bond motifs is 12. The topological polar surface area (TPSA) is 17.1 Å². The third kappa shape index (κ3) is 16.6. The molecule has 0 N–H and O–H groups in total. The highest BCUT2D eigenvalue weighted by atomic mass is 31.1. The second-order valence-corrected chi connectivity index (χ2v) is 74.7. The minimum atomic E-state index is -0.173. The largest absolute Gasteiger partial charge is 0.300 e. The van der Waals surface area contributed by atoms with Gasteiger partial charge in [-0.3, -0.25) is 4.79 Å². The molecule has 13 atom stereocenters. The average Bonchev–Trinajstić information content (AvgIpc) is 1.40. The smallest absolute Gasteiger partial charge is 0.133 e. The summed E-state index contributed by atoms with van der Waals surface area (Å²) in [6.45, 7) is 63.3. The molecule has 0 radical (unpaired) electrons. The van der Waals surface area contributed by atoms with Crippen molar-refractivity contribution in [3.05, 3.63) is 216 Å². The lowest BCUT2D eigenvalue weighted by Gasteiger charge is -2.89. The Morgan fingerprint density at radius 1 is 0.303 bits per heavy atom. The van der Waals surface area contributed by atoms with Crippen LogP contribution < -0.4 is 0 Å². The van der Waals surface area contributed by atoms with Crippen LogP contribution in [0.3, 0.4) is 0 Å². The number of hydrogen-bond donors (Lipinski definition) is 0. The molecule has 0 spiro atoms. The molecule has 4 aromatic rings. The van der Waals surface area contributed by atoms with Gasteiger partial charge in [-0.2, -0.15) is 0 Å². The summed E-state index contributed by atoms with van der Waals surface area (Å²) in [6.07, 6.45) is 57.0. The van der Waals surface area contributed by atoms with E-state index in [1.807, 2.05) is 0 Å². The fourth-order valence-corrected chi connectivity index (χ4v) is 64.2. The average molecular weight is 1750 g/mol. The Morgan fingerprint density at radius 2 is 0.647 bits per heavy atom. The van der Waals surface area contributed by atoms with E-state index in [0.717, 1.165) is 57.0 Å². The molecule has 648 valence electrons. The maximum atomic E-state index is 11.9. The van der Waals surface area contributed by atoms with Crippen molar-refractivity contribution in [2.45, 2.75) is 418 Å². The van der Waals surface area contributed by atoms with Crippen LogP contribution in [-0.2, 0) is 25.4 Å². The van der Waals surface area contributed by atoms with Crippen molar-refractivity contribution in [3.8, 4) is 0 Å². The molecule has 15 heterocycles. The van der Waals surface area contributed by atoms with E-state index in [-0.39, 0.29) is 47.2 Å². The van der Waals surface area contributed by atoms with Crippen LogP contribution in [0.2, 0.25) is 0 Å². The molecule has 119 heavy (non-hydrogen) atoms. The Kier molecular flexibility index (Phi) is 24.7. The molecule has 4 saturated carbocycles. The summed E-state index contributed by atoms with van der Waals surface area (Å²) in [5, 5.41) is 10.2. The normalized spacial score (nSPS) is 45.3. The van der Waals surface area contributed by atoms with Crippen LogP contribution in [0.15, 0.2) is 194 Å². The molecule has 19 aliphatic rings. The second kappa shape index (κ2) is 31.9. The second-order valence-electron chi connectivity index (χ2n) is 48.9. The van der Waals surface area contributed by atoms with Crippen molar-refractivity contribution < 1.29 is 4.79 Å². The SMILES string of the molecule is C1=CC2(c3ccccc3)CCC1(c1ccccc1)P2.CC(C)(C)P1C(C)(C)CCC(=O)CC1(C)C.CC(C)(C)P1C2(C)C=CC=CC1(C)C=C2.CC(C)(C)P1C2(C)C=CC=CC1(C)CC2.CC(C)(C)P1C2(C)CCCCC1(C)CC2.CC12CCC(C)(CC1)P2.CC12PC3(C)C4C5C(C41)C2C53.c1ccc(C23CCC(c4ccccc4)(CC2)P3)cc1. The molecular weight excluding hydrogens is 1590 g/mol. The van der Waals surface area contributed by atoms with Gasteiger partial charge in [-0.1, -0.05) is 422 Å².